The third-order valence-corrected chi connectivity index (χ3v) is 6.88. The van der Waals surface area contributed by atoms with E-state index in [9.17, 15) is 13.2 Å². The molecule has 0 radical (unpaired) electrons. The highest BCUT2D eigenvalue weighted by atomic mass is 32.2. The molecule has 0 N–H and O–H groups in total. The predicted octanol–water partition coefficient (Wildman–Crippen LogP) is 1.73. The minimum absolute atomic E-state index is 0.119. The normalized spacial score (nSPS) is 15.8. The lowest BCUT2D eigenvalue weighted by Crippen LogP contribution is -2.35. The number of nitrogens with zero attached hydrogens (tertiary/aromatic N) is 4. The molecule has 0 atom stereocenters. The summed E-state index contributed by atoms with van der Waals surface area (Å²) in [5, 5.41) is 4.31. The fourth-order valence-corrected chi connectivity index (χ4v) is 4.93. The Balaban J connectivity index is 1.66. The number of aromatic nitrogens is 3. The van der Waals surface area contributed by atoms with Crippen LogP contribution in [0.25, 0.3) is 5.65 Å². The van der Waals surface area contributed by atoms with E-state index >= 15 is 0 Å². The van der Waals surface area contributed by atoms with E-state index < -0.39 is 10.0 Å². The Morgan fingerprint density at radius 3 is 2.43 bits per heavy atom. The third kappa shape index (κ3) is 3.43. The maximum atomic E-state index is 12.9. The standard InChI is InChI=1S/C19H22N4O4S/c1-27-16-7-5-15(6-8-16)13-23-19(24)22-14-17(9-10-18(22)20-23)28(25,26)21-11-3-2-4-12-21/h5-10,14H,2-4,11-13H2,1H3. The number of ether oxygens (including phenoxy) is 1. The molecule has 0 saturated carbocycles. The molecule has 148 valence electrons. The van der Waals surface area contributed by atoms with E-state index in [0.717, 1.165) is 30.6 Å². The van der Waals surface area contributed by atoms with Gasteiger partial charge in [-0.2, -0.15) is 4.31 Å². The Kier molecular flexibility index (Phi) is 4.94. The van der Waals surface area contributed by atoms with Crippen molar-refractivity contribution < 1.29 is 13.2 Å². The molecule has 1 aliphatic rings. The average molecular weight is 402 g/mol. The Hall–Kier alpha value is -2.65. The van der Waals surface area contributed by atoms with Gasteiger partial charge in [-0.3, -0.25) is 0 Å². The monoisotopic (exact) mass is 402 g/mol. The SMILES string of the molecule is COc1ccc(Cn2nc3ccc(S(=O)(=O)N4CCCCC4)cn3c2=O)cc1. The van der Waals surface area contributed by atoms with Gasteiger partial charge in [0.1, 0.15) is 5.75 Å². The highest BCUT2D eigenvalue weighted by molar-refractivity contribution is 7.89. The van der Waals surface area contributed by atoms with Crippen LogP contribution in [0.15, 0.2) is 52.3 Å². The Bertz CT molecular complexity index is 1140. The van der Waals surface area contributed by atoms with Crippen LogP contribution in [0.3, 0.4) is 0 Å². The summed E-state index contributed by atoms with van der Waals surface area (Å²) in [7, 11) is -2.01. The Labute approximate surface area is 163 Å². The number of hydrogen-bond acceptors (Lipinski definition) is 5. The summed E-state index contributed by atoms with van der Waals surface area (Å²) in [6.45, 7) is 1.33. The number of rotatable bonds is 5. The van der Waals surface area contributed by atoms with Crippen LogP contribution in [0.2, 0.25) is 0 Å². The van der Waals surface area contributed by atoms with E-state index in [0.29, 0.717) is 25.3 Å². The fraction of sp³-hybridized carbons (Fsp3) is 0.368. The smallest absolute Gasteiger partial charge is 0.350 e. The van der Waals surface area contributed by atoms with Gasteiger partial charge in [0.2, 0.25) is 10.0 Å². The number of pyridine rings is 1. The molecule has 1 aliphatic heterocycles. The topological polar surface area (TPSA) is 85.9 Å². The van der Waals surface area contributed by atoms with Gasteiger partial charge in [-0.15, -0.1) is 5.10 Å². The van der Waals surface area contributed by atoms with Crippen molar-refractivity contribution in [2.24, 2.45) is 0 Å². The van der Waals surface area contributed by atoms with Crippen LogP contribution in [0.4, 0.5) is 0 Å². The predicted molar refractivity (Wildman–Crippen MR) is 104 cm³/mol. The van der Waals surface area contributed by atoms with E-state index in [-0.39, 0.29) is 10.6 Å². The molecule has 28 heavy (non-hydrogen) atoms. The van der Waals surface area contributed by atoms with Gasteiger partial charge in [0, 0.05) is 19.3 Å². The average Bonchev–Trinajstić information content (AvgIpc) is 3.04. The summed E-state index contributed by atoms with van der Waals surface area (Å²) >= 11 is 0. The van der Waals surface area contributed by atoms with Crippen molar-refractivity contribution in [3.05, 3.63) is 58.6 Å². The molecule has 3 heterocycles. The fourth-order valence-electron chi connectivity index (χ4n) is 3.41. The second kappa shape index (κ2) is 7.40. The number of sulfonamides is 1. The van der Waals surface area contributed by atoms with Gasteiger partial charge < -0.3 is 4.74 Å². The van der Waals surface area contributed by atoms with Crippen molar-refractivity contribution in [2.45, 2.75) is 30.7 Å². The van der Waals surface area contributed by atoms with E-state index in [2.05, 4.69) is 5.10 Å². The number of fused-ring (bicyclic) bond motifs is 1. The third-order valence-electron chi connectivity index (χ3n) is 4.99. The molecular formula is C19H22N4O4S. The maximum absolute atomic E-state index is 12.9. The first-order valence-corrected chi connectivity index (χ1v) is 10.7. The second-order valence-electron chi connectivity index (χ2n) is 6.85. The molecule has 9 heteroatoms. The van der Waals surface area contributed by atoms with Crippen LogP contribution < -0.4 is 10.4 Å². The van der Waals surface area contributed by atoms with Gasteiger partial charge in [0.25, 0.3) is 0 Å². The molecule has 2 aromatic heterocycles. The zero-order chi connectivity index (χ0) is 19.7. The zero-order valence-electron chi connectivity index (χ0n) is 15.6. The van der Waals surface area contributed by atoms with Crippen molar-refractivity contribution in [3.8, 4) is 5.75 Å². The van der Waals surface area contributed by atoms with Crippen LogP contribution in [0.1, 0.15) is 24.8 Å². The van der Waals surface area contributed by atoms with E-state index in [1.54, 1.807) is 13.2 Å². The van der Waals surface area contributed by atoms with Crippen LogP contribution in [0.5, 0.6) is 5.75 Å². The van der Waals surface area contributed by atoms with Crippen molar-refractivity contribution in [1.82, 2.24) is 18.5 Å². The first-order chi connectivity index (χ1) is 13.5. The first-order valence-electron chi connectivity index (χ1n) is 9.21. The summed E-state index contributed by atoms with van der Waals surface area (Å²) in [5.41, 5.74) is 0.935. The van der Waals surface area contributed by atoms with Gasteiger partial charge in [-0.1, -0.05) is 18.6 Å². The molecule has 0 amide bonds. The highest BCUT2D eigenvalue weighted by Gasteiger charge is 2.26. The number of methoxy groups -OCH3 is 1. The van der Waals surface area contributed by atoms with Crippen molar-refractivity contribution in [2.75, 3.05) is 20.2 Å². The molecule has 8 nitrogen and oxygen atoms in total. The zero-order valence-corrected chi connectivity index (χ0v) is 16.4. The summed E-state index contributed by atoms with van der Waals surface area (Å²) in [5.74, 6) is 0.735. The number of benzene rings is 1. The molecule has 1 aromatic carbocycles. The number of piperidine rings is 1. The molecule has 4 rings (SSSR count). The van der Waals surface area contributed by atoms with Crippen molar-refractivity contribution >= 4 is 15.7 Å². The van der Waals surface area contributed by atoms with Crippen LogP contribution in [0, 0.1) is 0 Å². The lowest BCUT2D eigenvalue weighted by atomic mass is 10.2. The lowest BCUT2D eigenvalue weighted by Gasteiger charge is -2.25. The van der Waals surface area contributed by atoms with Gasteiger partial charge in [0.15, 0.2) is 5.65 Å². The quantitative estimate of drug-likeness (QED) is 0.649. The number of hydrogen-bond donors (Lipinski definition) is 0. The van der Waals surface area contributed by atoms with Gasteiger partial charge in [-0.25, -0.2) is 22.3 Å². The van der Waals surface area contributed by atoms with Crippen LogP contribution in [-0.2, 0) is 16.6 Å². The molecule has 3 aromatic rings. The van der Waals surface area contributed by atoms with Crippen molar-refractivity contribution in [3.63, 3.8) is 0 Å². The minimum Gasteiger partial charge on any atom is -0.497 e. The highest BCUT2D eigenvalue weighted by Crippen LogP contribution is 2.20. The molecule has 0 unspecified atom stereocenters. The van der Waals surface area contributed by atoms with Crippen LogP contribution in [-0.4, -0.2) is 47.1 Å². The summed E-state index contributed by atoms with van der Waals surface area (Å²) < 4.78 is 35.0. The molecule has 0 aliphatic carbocycles. The molecule has 0 bridgehead atoms. The Morgan fingerprint density at radius 2 is 1.75 bits per heavy atom. The van der Waals surface area contributed by atoms with E-state index in [1.807, 2.05) is 24.3 Å². The minimum atomic E-state index is -3.60. The van der Waals surface area contributed by atoms with Gasteiger partial charge in [0.05, 0.1) is 18.6 Å². The first kappa shape index (κ1) is 18.7. The maximum Gasteiger partial charge on any atom is 0.350 e. The lowest BCUT2D eigenvalue weighted by molar-refractivity contribution is 0.346. The Morgan fingerprint density at radius 1 is 1.04 bits per heavy atom. The van der Waals surface area contributed by atoms with Gasteiger partial charge >= 0.3 is 5.69 Å². The summed E-state index contributed by atoms with van der Waals surface area (Å²) in [6.07, 6.45) is 4.14. The van der Waals surface area contributed by atoms with Crippen molar-refractivity contribution in [1.29, 1.82) is 0 Å². The summed E-state index contributed by atoms with van der Waals surface area (Å²) in [6, 6.07) is 10.5. The summed E-state index contributed by atoms with van der Waals surface area (Å²) in [4.78, 5) is 12.9. The molecule has 1 saturated heterocycles. The van der Waals surface area contributed by atoms with E-state index in [4.69, 9.17) is 4.74 Å². The molecule has 1 fully saturated rings. The second-order valence-corrected chi connectivity index (χ2v) is 8.78. The van der Waals surface area contributed by atoms with Gasteiger partial charge in [-0.05, 0) is 42.7 Å². The van der Waals surface area contributed by atoms with E-state index in [1.165, 1.54) is 25.7 Å². The van der Waals surface area contributed by atoms with Crippen LogP contribution >= 0.6 is 0 Å². The molecule has 0 spiro atoms. The largest absolute Gasteiger partial charge is 0.497 e. The molecular weight excluding hydrogens is 380 g/mol.